The molecule has 0 aliphatic rings. The van der Waals surface area contributed by atoms with Gasteiger partial charge in [0.25, 0.3) is 0 Å². The fraction of sp³-hybridized carbons (Fsp3) is 0.267. The summed E-state index contributed by atoms with van der Waals surface area (Å²) in [4.78, 5) is 19.8. The van der Waals surface area contributed by atoms with E-state index in [0.717, 1.165) is 5.56 Å². The Hall–Kier alpha value is -2.63. The van der Waals surface area contributed by atoms with Gasteiger partial charge in [-0.2, -0.15) is 4.98 Å². The van der Waals surface area contributed by atoms with Crippen LogP contribution in [-0.2, 0) is 11.2 Å². The molecule has 110 valence electrons. The quantitative estimate of drug-likeness (QED) is 0.802. The van der Waals surface area contributed by atoms with Gasteiger partial charge in [-0.05, 0) is 12.5 Å². The molecule has 1 heterocycles. The molecule has 0 unspecified atom stereocenters. The van der Waals surface area contributed by atoms with Gasteiger partial charge in [-0.3, -0.25) is 4.79 Å². The normalized spacial score (nSPS) is 11.7. The van der Waals surface area contributed by atoms with Crippen LogP contribution in [0, 0.1) is 0 Å². The van der Waals surface area contributed by atoms with Crippen LogP contribution in [0.4, 0.5) is 5.95 Å². The fourth-order valence-electron chi connectivity index (χ4n) is 1.87. The number of anilines is 1. The number of ether oxygens (including phenoxy) is 1. The molecule has 1 aromatic heterocycles. The molecule has 0 aliphatic heterocycles. The highest BCUT2D eigenvalue weighted by atomic mass is 16.5. The molecule has 6 heteroatoms. The number of carbonyl (C=O) groups is 1. The summed E-state index contributed by atoms with van der Waals surface area (Å²) in [6, 6.07) is 10.7. The SMILES string of the molecule is CCOc1ccnc(N[C@@H](Cc2ccccc2)C(N)=O)n1. The van der Waals surface area contributed by atoms with Crippen LogP contribution in [0.5, 0.6) is 5.88 Å². The smallest absolute Gasteiger partial charge is 0.240 e. The third-order valence-corrected chi connectivity index (χ3v) is 2.85. The average Bonchev–Trinajstić information content (AvgIpc) is 2.48. The Labute approximate surface area is 123 Å². The first kappa shape index (κ1) is 14.8. The number of aromatic nitrogens is 2. The number of nitrogens with one attached hydrogen (secondary N) is 1. The Morgan fingerprint density at radius 2 is 2.10 bits per heavy atom. The molecule has 0 bridgehead atoms. The zero-order chi connectivity index (χ0) is 15.1. The van der Waals surface area contributed by atoms with Gasteiger partial charge in [-0.15, -0.1) is 0 Å². The summed E-state index contributed by atoms with van der Waals surface area (Å²) in [7, 11) is 0. The van der Waals surface area contributed by atoms with Gasteiger partial charge >= 0.3 is 0 Å². The molecule has 1 aromatic carbocycles. The summed E-state index contributed by atoms with van der Waals surface area (Å²) >= 11 is 0. The third kappa shape index (κ3) is 4.45. The van der Waals surface area contributed by atoms with Crippen molar-refractivity contribution in [3.8, 4) is 5.88 Å². The van der Waals surface area contributed by atoms with Gasteiger partial charge in [0, 0.05) is 18.7 Å². The van der Waals surface area contributed by atoms with Crippen molar-refractivity contribution in [1.29, 1.82) is 0 Å². The van der Waals surface area contributed by atoms with E-state index in [4.69, 9.17) is 10.5 Å². The van der Waals surface area contributed by atoms with Crippen LogP contribution in [0.2, 0.25) is 0 Å². The third-order valence-electron chi connectivity index (χ3n) is 2.85. The number of nitrogens with zero attached hydrogens (tertiary/aromatic N) is 2. The molecule has 6 nitrogen and oxygen atoms in total. The lowest BCUT2D eigenvalue weighted by Crippen LogP contribution is -2.37. The Balaban J connectivity index is 2.09. The summed E-state index contributed by atoms with van der Waals surface area (Å²) in [5, 5.41) is 2.95. The Morgan fingerprint density at radius 1 is 1.33 bits per heavy atom. The van der Waals surface area contributed by atoms with Crippen LogP contribution in [0.3, 0.4) is 0 Å². The first-order valence-electron chi connectivity index (χ1n) is 6.74. The molecule has 0 fully saturated rings. The summed E-state index contributed by atoms with van der Waals surface area (Å²) < 4.78 is 5.30. The van der Waals surface area contributed by atoms with E-state index in [9.17, 15) is 4.79 Å². The number of hydrogen-bond donors (Lipinski definition) is 2. The van der Waals surface area contributed by atoms with Crippen LogP contribution in [0.25, 0.3) is 0 Å². The van der Waals surface area contributed by atoms with E-state index < -0.39 is 11.9 Å². The van der Waals surface area contributed by atoms with Gasteiger partial charge in [0.05, 0.1) is 6.61 Å². The maximum atomic E-state index is 11.6. The number of primary amides is 1. The second-order valence-electron chi connectivity index (χ2n) is 4.44. The highest BCUT2D eigenvalue weighted by Gasteiger charge is 2.17. The molecule has 1 atom stereocenters. The lowest BCUT2D eigenvalue weighted by molar-refractivity contribution is -0.118. The van der Waals surface area contributed by atoms with Crippen molar-refractivity contribution in [2.45, 2.75) is 19.4 Å². The molecule has 3 N–H and O–H groups in total. The van der Waals surface area contributed by atoms with E-state index >= 15 is 0 Å². The van der Waals surface area contributed by atoms with Crippen molar-refractivity contribution >= 4 is 11.9 Å². The van der Waals surface area contributed by atoms with Gasteiger partial charge in [0.1, 0.15) is 6.04 Å². The molecule has 0 saturated carbocycles. The average molecular weight is 286 g/mol. The van der Waals surface area contributed by atoms with Crippen molar-refractivity contribution in [3.63, 3.8) is 0 Å². The minimum Gasteiger partial charge on any atom is -0.478 e. The zero-order valence-corrected chi connectivity index (χ0v) is 11.8. The molecule has 1 amide bonds. The van der Waals surface area contributed by atoms with Gasteiger partial charge in [0.2, 0.25) is 17.7 Å². The minimum atomic E-state index is -0.579. The molecular weight excluding hydrogens is 268 g/mol. The lowest BCUT2D eigenvalue weighted by Gasteiger charge is -2.15. The van der Waals surface area contributed by atoms with Crippen LogP contribution < -0.4 is 15.8 Å². The molecule has 21 heavy (non-hydrogen) atoms. The molecule has 0 aliphatic carbocycles. The van der Waals surface area contributed by atoms with E-state index in [2.05, 4.69) is 15.3 Å². The number of hydrogen-bond acceptors (Lipinski definition) is 5. The zero-order valence-electron chi connectivity index (χ0n) is 11.8. The van der Waals surface area contributed by atoms with E-state index in [-0.39, 0.29) is 0 Å². The Kier molecular flexibility index (Phi) is 5.09. The number of carbonyl (C=O) groups excluding carboxylic acids is 1. The second kappa shape index (κ2) is 7.23. The van der Waals surface area contributed by atoms with E-state index in [1.807, 2.05) is 37.3 Å². The molecule has 2 aromatic rings. The summed E-state index contributed by atoms with van der Waals surface area (Å²) in [5.74, 6) is 0.322. The summed E-state index contributed by atoms with van der Waals surface area (Å²) in [6.45, 7) is 2.39. The monoisotopic (exact) mass is 286 g/mol. The fourth-order valence-corrected chi connectivity index (χ4v) is 1.87. The standard InChI is InChI=1S/C15H18N4O2/c1-2-21-13-8-9-17-15(19-13)18-12(14(16)20)10-11-6-4-3-5-7-11/h3-9,12H,2,10H2,1H3,(H2,16,20)(H,17,18,19)/t12-/m0/s1. The molecule has 0 saturated heterocycles. The predicted molar refractivity (Wildman–Crippen MR) is 80.0 cm³/mol. The maximum absolute atomic E-state index is 11.6. The van der Waals surface area contributed by atoms with Crippen molar-refractivity contribution in [1.82, 2.24) is 9.97 Å². The van der Waals surface area contributed by atoms with Gasteiger partial charge in [-0.25, -0.2) is 4.98 Å². The predicted octanol–water partition coefficient (Wildman–Crippen LogP) is 1.38. The largest absolute Gasteiger partial charge is 0.478 e. The maximum Gasteiger partial charge on any atom is 0.240 e. The molecule has 2 rings (SSSR count). The number of amides is 1. The molecule has 0 spiro atoms. The van der Waals surface area contributed by atoms with Crippen LogP contribution >= 0.6 is 0 Å². The van der Waals surface area contributed by atoms with Crippen molar-refractivity contribution in [2.75, 3.05) is 11.9 Å². The summed E-state index contributed by atoms with van der Waals surface area (Å²) in [6.07, 6.45) is 2.04. The summed E-state index contributed by atoms with van der Waals surface area (Å²) in [5.41, 5.74) is 6.45. The first-order valence-corrected chi connectivity index (χ1v) is 6.74. The van der Waals surface area contributed by atoms with Gasteiger partial charge in [-0.1, -0.05) is 30.3 Å². The van der Waals surface area contributed by atoms with Gasteiger partial charge in [0.15, 0.2) is 0 Å². The van der Waals surface area contributed by atoms with Crippen molar-refractivity contribution in [2.24, 2.45) is 5.73 Å². The number of rotatable bonds is 7. The molecular formula is C15H18N4O2. The van der Waals surface area contributed by atoms with Crippen LogP contribution in [0.15, 0.2) is 42.6 Å². The number of nitrogens with two attached hydrogens (primary N) is 1. The molecule has 0 radical (unpaired) electrons. The van der Waals surface area contributed by atoms with E-state index in [0.29, 0.717) is 24.9 Å². The van der Waals surface area contributed by atoms with Gasteiger partial charge < -0.3 is 15.8 Å². The highest BCUT2D eigenvalue weighted by molar-refractivity contribution is 5.82. The first-order chi connectivity index (χ1) is 10.2. The van der Waals surface area contributed by atoms with Crippen LogP contribution in [-0.4, -0.2) is 28.5 Å². The van der Waals surface area contributed by atoms with Crippen LogP contribution in [0.1, 0.15) is 12.5 Å². The Morgan fingerprint density at radius 3 is 2.76 bits per heavy atom. The highest BCUT2D eigenvalue weighted by Crippen LogP contribution is 2.11. The van der Waals surface area contributed by atoms with Crippen molar-refractivity contribution in [3.05, 3.63) is 48.2 Å². The number of benzene rings is 1. The topological polar surface area (TPSA) is 90.1 Å². The minimum absolute atomic E-state index is 0.320. The lowest BCUT2D eigenvalue weighted by atomic mass is 10.1. The van der Waals surface area contributed by atoms with Crippen molar-refractivity contribution < 1.29 is 9.53 Å². The Bertz CT molecular complexity index is 589. The van der Waals surface area contributed by atoms with E-state index in [1.165, 1.54) is 0 Å². The van der Waals surface area contributed by atoms with E-state index in [1.54, 1.807) is 12.3 Å². The second-order valence-corrected chi connectivity index (χ2v) is 4.44.